The molecule has 6 rings (SSSR count). The molecule has 260 valence electrons. The van der Waals surface area contributed by atoms with Crippen LogP contribution < -0.4 is 20.1 Å². The van der Waals surface area contributed by atoms with Gasteiger partial charge >= 0.3 is 0 Å². The van der Waals surface area contributed by atoms with E-state index in [9.17, 15) is 10.2 Å². The van der Waals surface area contributed by atoms with Crippen molar-refractivity contribution in [1.82, 2.24) is 30.6 Å². The molecule has 0 fully saturated rings. The fourth-order valence-corrected chi connectivity index (χ4v) is 6.04. The standard InChI is InChI=1S/2C19H21N3O2S/c1-14-22-18(13-25-14)15-4-2-6-17(10-15)24-9-8-21-12-19(23)16-5-3-7-20-11-16;1-14-22-18(13-25-14)15-4-6-17(7-5-15)24-10-9-21-12-19(23)16-3-2-8-20-11-16/h2-7,10-11,13,19,21,23H,8-9,12H2,1H3;2-8,11,13,19,21,23H,9-10,12H2,1H3/t2*19-/m00/s1. The van der Waals surface area contributed by atoms with E-state index in [4.69, 9.17) is 9.47 Å². The van der Waals surface area contributed by atoms with Crippen LogP contribution in [0.25, 0.3) is 22.5 Å². The number of aliphatic hydroxyl groups excluding tert-OH is 2. The van der Waals surface area contributed by atoms with Gasteiger partial charge in [-0.15, -0.1) is 22.7 Å². The topological polar surface area (TPSA) is 135 Å². The van der Waals surface area contributed by atoms with Crippen LogP contribution in [0.1, 0.15) is 33.4 Å². The van der Waals surface area contributed by atoms with Crippen molar-refractivity contribution in [1.29, 1.82) is 0 Å². The summed E-state index contributed by atoms with van der Waals surface area (Å²) < 4.78 is 11.5. The maximum Gasteiger partial charge on any atom is 0.120 e. The maximum absolute atomic E-state index is 10.1. The first kappa shape index (κ1) is 36.7. The zero-order valence-electron chi connectivity index (χ0n) is 28.1. The smallest absolute Gasteiger partial charge is 0.120 e. The Morgan fingerprint density at radius 2 is 1.18 bits per heavy atom. The first-order valence-corrected chi connectivity index (χ1v) is 18.1. The van der Waals surface area contributed by atoms with E-state index in [0.717, 1.165) is 55.2 Å². The van der Waals surface area contributed by atoms with E-state index in [1.54, 1.807) is 47.5 Å². The minimum atomic E-state index is -0.565. The van der Waals surface area contributed by atoms with Crippen LogP contribution in [0.15, 0.2) is 108 Å². The summed E-state index contributed by atoms with van der Waals surface area (Å²) in [4.78, 5) is 17.0. The van der Waals surface area contributed by atoms with E-state index in [1.807, 2.05) is 86.6 Å². The van der Waals surface area contributed by atoms with E-state index < -0.39 is 12.2 Å². The molecule has 50 heavy (non-hydrogen) atoms. The summed E-state index contributed by atoms with van der Waals surface area (Å²) in [5, 5.41) is 32.7. The molecule has 12 heteroatoms. The van der Waals surface area contributed by atoms with Crippen LogP contribution in [-0.4, -0.2) is 69.5 Å². The molecule has 2 atom stereocenters. The van der Waals surface area contributed by atoms with Crippen molar-refractivity contribution in [3.05, 3.63) is 129 Å². The van der Waals surface area contributed by atoms with Crippen molar-refractivity contribution >= 4 is 22.7 Å². The molecule has 0 amide bonds. The Morgan fingerprint density at radius 3 is 1.68 bits per heavy atom. The number of aliphatic hydroxyl groups is 2. The summed E-state index contributed by atoms with van der Waals surface area (Å²) in [5.41, 5.74) is 5.74. The summed E-state index contributed by atoms with van der Waals surface area (Å²) in [6.07, 6.45) is 5.61. The number of pyridine rings is 2. The van der Waals surface area contributed by atoms with Gasteiger partial charge in [0, 0.05) is 84.0 Å². The molecule has 4 aromatic heterocycles. The number of hydrogen-bond donors (Lipinski definition) is 4. The van der Waals surface area contributed by atoms with E-state index in [0.29, 0.717) is 39.4 Å². The van der Waals surface area contributed by atoms with Crippen LogP contribution in [0.4, 0.5) is 0 Å². The number of nitrogens with one attached hydrogen (secondary N) is 2. The third-order valence-corrected chi connectivity index (χ3v) is 8.97. The number of rotatable bonds is 16. The van der Waals surface area contributed by atoms with Gasteiger partial charge < -0.3 is 30.3 Å². The molecule has 0 saturated carbocycles. The predicted molar refractivity (Wildman–Crippen MR) is 200 cm³/mol. The number of aryl methyl sites for hydroxylation is 2. The molecule has 0 aliphatic rings. The molecule has 0 bridgehead atoms. The second-order valence-corrected chi connectivity index (χ2v) is 13.4. The lowest BCUT2D eigenvalue weighted by Crippen LogP contribution is -2.26. The highest BCUT2D eigenvalue weighted by molar-refractivity contribution is 7.10. The molecular formula is C38H42N6O4S2. The average Bonchev–Trinajstić information content (AvgIpc) is 3.80. The first-order valence-electron chi connectivity index (χ1n) is 16.3. The minimum Gasteiger partial charge on any atom is -0.492 e. The number of thiazole rings is 2. The Balaban J connectivity index is 0.000000194. The molecule has 4 N–H and O–H groups in total. The van der Waals surface area contributed by atoms with Gasteiger partial charge in [0.05, 0.1) is 33.6 Å². The number of benzene rings is 2. The third kappa shape index (κ3) is 11.8. The Morgan fingerprint density at radius 1 is 0.640 bits per heavy atom. The Hall–Kier alpha value is -4.56. The van der Waals surface area contributed by atoms with Gasteiger partial charge in [0.25, 0.3) is 0 Å². The monoisotopic (exact) mass is 710 g/mol. The summed E-state index contributed by atoms with van der Waals surface area (Å²) in [7, 11) is 0. The minimum absolute atomic E-state index is 0.465. The van der Waals surface area contributed by atoms with Gasteiger partial charge in [-0.25, -0.2) is 9.97 Å². The van der Waals surface area contributed by atoms with Gasteiger partial charge in [-0.1, -0.05) is 24.3 Å². The first-order chi connectivity index (χ1) is 24.4. The number of ether oxygens (including phenoxy) is 2. The fourth-order valence-electron chi connectivity index (χ4n) is 4.80. The van der Waals surface area contributed by atoms with Crippen LogP contribution in [-0.2, 0) is 0 Å². The predicted octanol–water partition coefficient (Wildman–Crippen LogP) is 6.43. The van der Waals surface area contributed by atoms with Crippen LogP contribution in [0.5, 0.6) is 11.5 Å². The molecule has 2 aromatic carbocycles. The number of aromatic nitrogens is 4. The van der Waals surface area contributed by atoms with Crippen LogP contribution >= 0.6 is 22.7 Å². The van der Waals surface area contributed by atoms with Gasteiger partial charge in [-0.05, 0) is 62.4 Å². The largest absolute Gasteiger partial charge is 0.492 e. The van der Waals surface area contributed by atoms with Crippen LogP contribution in [0.3, 0.4) is 0 Å². The molecule has 10 nitrogen and oxygen atoms in total. The van der Waals surface area contributed by atoms with Crippen LogP contribution in [0, 0.1) is 13.8 Å². The Bertz CT molecular complexity index is 1840. The van der Waals surface area contributed by atoms with Crippen molar-refractivity contribution in [2.24, 2.45) is 0 Å². The Labute approximate surface area is 300 Å². The normalized spacial score (nSPS) is 12.1. The zero-order valence-corrected chi connectivity index (χ0v) is 29.7. The second-order valence-electron chi connectivity index (χ2n) is 11.3. The van der Waals surface area contributed by atoms with Crippen LogP contribution in [0.2, 0.25) is 0 Å². The van der Waals surface area contributed by atoms with Gasteiger partial charge in [-0.3, -0.25) is 9.97 Å². The Kier molecular flexibility index (Phi) is 14.4. The van der Waals surface area contributed by atoms with Crippen molar-refractivity contribution in [3.63, 3.8) is 0 Å². The zero-order chi connectivity index (χ0) is 35.0. The average molecular weight is 711 g/mol. The summed E-state index contributed by atoms with van der Waals surface area (Å²) in [6, 6.07) is 23.2. The van der Waals surface area contributed by atoms with Gasteiger partial charge in [0.2, 0.25) is 0 Å². The van der Waals surface area contributed by atoms with Gasteiger partial charge in [0.1, 0.15) is 24.7 Å². The van der Waals surface area contributed by atoms with Crippen molar-refractivity contribution < 1.29 is 19.7 Å². The fraction of sp³-hybridized carbons (Fsp3) is 0.263. The molecule has 0 aliphatic carbocycles. The molecule has 0 aliphatic heterocycles. The molecular weight excluding hydrogens is 669 g/mol. The third-order valence-electron chi connectivity index (χ3n) is 7.43. The summed E-state index contributed by atoms with van der Waals surface area (Å²) in [6.45, 7) is 7.31. The van der Waals surface area contributed by atoms with Crippen molar-refractivity contribution in [3.8, 4) is 34.0 Å². The highest BCUT2D eigenvalue weighted by atomic mass is 32.1. The SMILES string of the molecule is Cc1nc(-c2ccc(OCCNC[C@H](O)c3cccnc3)cc2)cs1.Cc1nc(-c2cccc(OCCNC[C@H](O)c3cccnc3)c2)cs1. The van der Waals surface area contributed by atoms with Crippen molar-refractivity contribution in [2.75, 3.05) is 39.4 Å². The number of hydrogen-bond acceptors (Lipinski definition) is 12. The molecule has 4 heterocycles. The van der Waals surface area contributed by atoms with Gasteiger partial charge in [0.15, 0.2) is 0 Å². The number of nitrogens with zero attached hydrogens (tertiary/aromatic N) is 4. The lowest BCUT2D eigenvalue weighted by Gasteiger charge is -2.12. The van der Waals surface area contributed by atoms with E-state index in [2.05, 4.69) is 41.3 Å². The lowest BCUT2D eigenvalue weighted by molar-refractivity contribution is 0.171. The maximum atomic E-state index is 10.1. The van der Waals surface area contributed by atoms with E-state index in [-0.39, 0.29) is 0 Å². The summed E-state index contributed by atoms with van der Waals surface area (Å²) >= 11 is 3.29. The molecule has 0 saturated heterocycles. The van der Waals surface area contributed by atoms with Gasteiger partial charge in [-0.2, -0.15) is 0 Å². The molecule has 0 spiro atoms. The van der Waals surface area contributed by atoms with E-state index >= 15 is 0 Å². The van der Waals surface area contributed by atoms with E-state index in [1.165, 1.54) is 0 Å². The highest BCUT2D eigenvalue weighted by Gasteiger charge is 2.08. The lowest BCUT2D eigenvalue weighted by atomic mass is 10.1. The highest BCUT2D eigenvalue weighted by Crippen LogP contribution is 2.26. The van der Waals surface area contributed by atoms with Crippen molar-refractivity contribution in [2.45, 2.75) is 26.1 Å². The molecule has 0 radical (unpaired) electrons. The summed E-state index contributed by atoms with van der Waals surface area (Å²) in [5.74, 6) is 1.64. The molecule has 6 aromatic rings. The quantitative estimate of drug-likeness (QED) is 0.0833. The molecule has 0 unspecified atom stereocenters. The second kappa shape index (κ2) is 19.6.